The van der Waals surface area contributed by atoms with Crippen molar-refractivity contribution in [3.63, 3.8) is 0 Å². The van der Waals surface area contributed by atoms with Crippen LogP contribution in [0.5, 0.6) is 5.75 Å². The van der Waals surface area contributed by atoms with Gasteiger partial charge in [-0.15, -0.1) is 0 Å². The van der Waals surface area contributed by atoms with E-state index in [1.54, 1.807) is 45.2 Å². The number of carbonyl (C=O) groups excluding carboxylic acids is 1. The molecule has 0 atom stereocenters. The largest absolute Gasteiger partial charge is 0.497 e. The highest BCUT2D eigenvalue weighted by Crippen LogP contribution is 2.14. The molecule has 0 spiro atoms. The number of benzene rings is 1. The highest BCUT2D eigenvalue weighted by atomic mass is 16.5. The first-order chi connectivity index (χ1) is 11.0. The Morgan fingerprint density at radius 1 is 1.26 bits per heavy atom. The van der Waals surface area contributed by atoms with Crippen LogP contribution in [0, 0.1) is 13.8 Å². The fourth-order valence-corrected chi connectivity index (χ4v) is 1.97. The van der Waals surface area contributed by atoms with E-state index in [1.165, 1.54) is 10.9 Å². The third kappa shape index (κ3) is 4.32. The number of nitrogens with zero attached hydrogens (tertiary/aromatic N) is 2. The third-order valence-corrected chi connectivity index (χ3v) is 3.50. The molecule has 7 heteroatoms. The van der Waals surface area contributed by atoms with Gasteiger partial charge in [0.1, 0.15) is 5.75 Å². The van der Waals surface area contributed by atoms with E-state index in [-0.39, 0.29) is 11.6 Å². The molecule has 2 N–H and O–H groups in total. The van der Waals surface area contributed by atoms with Crippen LogP contribution in [0.1, 0.15) is 11.3 Å². The summed E-state index contributed by atoms with van der Waals surface area (Å²) in [5.74, 6) is 0.720. The van der Waals surface area contributed by atoms with Gasteiger partial charge in [0, 0.05) is 30.0 Å². The summed E-state index contributed by atoms with van der Waals surface area (Å²) in [6.45, 7) is 4.22. The van der Waals surface area contributed by atoms with E-state index in [1.807, 2.05) is 0 Å². The number of hydrogen-bond donors (Lipinski definition) is 2. The molecule has 0 saturated heterocycles. The van der Waals surface area contributed by atoms with Gasteiger partial charge < -0.3 is 15.4 Å². The summed E-state index contributed by atoms with van der Waals surface area (Å²) in [6, 6.07) is 6.68. The van der Waals surface area contributed by atoms with Crippen molar-refractivity contribution in [3.8, 4) is 5.75 Å². The lowest BCUT2D eigenvalue weighted by Crippen LogP contribution is -2.34. The van der Waals surface area contributed by atoms with Crippen molar-refractivity contribution in [1.82, 2.24) is 14.9 Å². The van der Waals surface area contributed by atoms with Crippen molar-refractivity contribution in [2.24, 2.45) is 0 Å². The van der Waals surface area contributed by atoms with E-state index in [0.717, 1.165) is 11.4 Å². The number of ether oxygens (including phenoxy) is 1. The molecule has 1 heterocycles. The second kappa shape index (κ2) is 7.44. The molecule has 2 aromatic rings. The first-order valence-corrected chi connectivity index (χ1v) is 7.23. The highest BCUT2D eigenvalue weighted by molar-refractivity contribution is 5.89. The molecule has 2 amide bonds. The van der Waals surface area contributed by atoms with Crippen molar-refractivity contribution in [3.05, 3.63) is 52.2 Å². The van der Waals surface area contributed by atoms with E-state index >= 15 is 0 Å². The van der Waals surface area contributed by atoms with Crippen LogP contribution in [0.25, 0.3) is 0 Å². The number of aryl methyl sites for hydroxylation is 1. The van der Waals surface area contributed by atoms with Gasteiger partial charge in [0.15, 0.2) is 0 Å². The quantitative estimate of drug-likeness (QED) is 0.879. The van der Waals surface area contributed by atoms with E-state index in [2.05, 4.69) is 15.6 Å². The minimum atomic E-state index is -0.333. The fourth-order valence-electron chi connectivity index (χ4n) is 1.97. The van der Waals surface area contributed by atoms with Crippen LogP contribution < -0.4 is 20.9 Å². The second-order valence-electron chi connectivity index (χ2n) is 5.06. The molecule has 0 aliphatic heterocycles. The first-order valence-electron chi connectivity index (χ1n) is 7.23. The Kier molecular flexibility index (Phi) is 5.35. The maximum absolute atomic E-state index is 12.0. The lowest BCUT2D eigenvalue weighted by atomic mass is 10.3. The van der Waals surface area contributed by atoms with E-state index < -0.39 is 0 Å². The molecule has 1 aromatic carbocycles. The molecule has 0 aliphatic rings. The van der Waals surface area contributed by atoms with Gasteiger partial charge in [-0.1, -0.05) is 0 Å². The summed E-state index contributed by atoms with van der Waals surface area (Å²) in [6.07, 6.45) is 1.49. The maximum Gasteiger partial charge on any atom is 0.319 e. The number of amides is 2. The van der Waals surface area contributed by atoms with Crippen LogP contribution in [0.4, 0.5) is 10.5 Å². The predicted molar refractivity (Wildman–Crippen MR) is 88.0 cm³/mol. The fraction of sp³-hybridized carbons (Fsp3) is 0.312. The van der Waals surface area contributed by atoms with E-state index in [9.17, 15) is 9.59 Å². The minimum Gasteiger partial charge on any atom is -0.497 e. The lowest BCUT2D eigenvalue weighted by Gasteiger charge is -2.10. The van der Waals surface area contributed by atoms with Gasteiger partial charge in [0.25, 0.3) is 5.56 Å². The summed E-state index contributed by atoms with van der Waals surface area (Å²) in [5.41, 5.74) is 1.91. The van der Waals surface area contributed by atoms with Crippen molar-refractivity contribution in [1.29, 1.82) is 0 Å². The Bertz CT molecular complexity index is 738. The summed E-state index contributed by atoms with van der Waals surface area (Å²) >= 11 is 0. The molecule has 0 aliphatic carbocycles. The number of rotatable bonds is 5. The number of carbonyl (C=O) groups is 1. The normalized spacial score (nSPS) is 10.2. The smallest absolute Gasteiger partial charge is 0.319 e. The van der Waals surface area contributed by atoms with Crippen LogP contribution in [0.3, 0.4) is 0 Å². The lowest BCUT2D eigenvalue weighted by molar-refractivity contribution is 0.251. The molecule has 122 valence electrons. The van der Waals surface area contributed by atoms with Crippen molar-refractivity contribution >= 4 is 11.7 Å². The highest BCUT2D eigenvalue weighted by Gasteiger charge is 2.05. The SMILES string of the molecule is COc1ccc(NC(=O)NCCn2cnc(C)c(C)c2=O)cc1. The van der Waals surface area contributed by atoms with Crippen LogP contribution >= 0.6 is 0 Å². The Balaban J connectivity index is 1.85. The van der Waals surface area contributed by atoms with E-state index in [0.29, 0.717) is 24.3 Å². The summed E-state index contributed by atoms with van der Waals surface area (Å²) in [4.78, 5) is 28.0. The Morgan fingerprint density at radius 2 is 1.96 bits per heavy atom. The van der Waals surface area contributed by atoms with Gasteiger partial charge in [0.2, 0.25) is 0 Å². The van der Waals surface area contributed by atoms with E-state index in [4.69, 9.17) is 4.74 Å². The van der Waals surface area contributed by atoms with Crippen LogP contribution in [0.15, 0.2) is 35.4 Å². The maximum atomic E-state index is 12.0. The third-order valence-electron chi connectivity index (χ3n) is 3.50. The molecule has 0 unspecified atom stereocenters. The summed E-state index contributed by atoms with van der Waals surface area (Å²) in [5, 5.41) is 5.41. The monoisotopic (exact) mass is 316 g/mol. The van der Waals surface area contributed by atoms with Gasteiger partial charge in [-0.05, 0) is 38.1 Å². The number of aromatic nitrogens is 2. The van der Waals surface area contributed by atoms with Gasteiger partial charge >= 0.3 is 6.03 Å². The zero-order chi connectivity index (χ0) is 16.8. The van der Waals surface area contributed by atoms with Crippen LogP contribution in [0.2, 0.25) is 0 Å². The number of nitrogens with one attached hydrogen (secondary N) is 2. The number of hydrogen-bond acceptors (Lipinski definition) is 4. The average molecular weight is 316 g/mol. The molecule has 7 nitrogen and oxygen atoms in total. The molecule has 0 bridgehead atoms. The van der Waals surface area contributed by atoms with Crippen molar-refractivity contribution in [2.45, 2.75) is 20.4 Å². The molecular weight excluding hydrogens is 296 g/mol. The molecule has 1 aromatic heterocycles. The standard InChI is InChI=1S/C16H20N4O3/c1-11-12(2)18-10-20(15(11)21)9-8-17-16(22)19-13-4-6-14(23-3)7-5-13/h4-7,10H,8-9H2,1-3H3,(H2,17,19,22). The van der Waals surface area contributed by atoms with Crippen molar-refractivity contribution in [2.75, 3.05) is 19.0 Å². The predicted octanol–water partition coefficient (Wildman–Crippen LogP) is 1.69. The summed E-state index contributed by atoms with van der Waals surface area (Å²) < 4.78 is 6.53. The van der Waals surface area contributed by atoms with Crippen molar-refractivity contribution < 1.29 is 9.53 Å². The zero-order valence-corrected chi connectivity index (χ0v) is 13.4. The van der Waals surface area contributed by atoms with Gasteiger partial charge in [0.05, 0.1) is 13.4 Å². The summed E-state index contributed by atoms with van der Waals surface area (Å²) in [7, 11) is 1.58. The minimum absolute atomic E-state index is 0.0881. The zero-order valence-electron chi connectivity index (χ0n) is 13.4. The number of methoxy groups -OCH3 is 1. The Labute approximate surface area is 134 Å². The Hall–Kier alpha value is -2.83. The molecule has 0 saturated carbocycles. The topological polar surface area (TPSA) is 85.2 Å². The molecule has 0 radical (unpaired) electrons. The number of urea groups is 1. The molecule has 0 fully saturated rings. The van der Waals surface area contributed by atoms with Gasteiger partial charge in [-0.25, -0.2) is 9.78 Å². The van der Waals surface area contributed by atoms with Crippen LogP contribution in [-0.2, 0) is 6.54 Å². The number of anilines is 1. The Morgan fingerprint density at radius 3 is 2.61 bits per heavy atom. The second-order valence-corrected chi connectivity index (χ2v) is 5.06. The molecular formula is C16H20N4O3. The van der Waals surface area contributed by atoms with Gasteiger partial charge in [-0.3, -0.25) is 9.36 Å². The van der Waals surface area contributed by atoms with Crippen LogP contribution in [-0.4, -0.2) is 29.2 Å². The first kappa shape index (κ1) is 16.5. The average Bonchev–Trinajstić information content (AvgIpc) is 2.55. The molecule has 2 rings (SSSR count). The van der Waals surface area contributed by atoms with Gasteiger partial charge in [-0.2, -0.15) is 0 Å². The molecule has 23 heavy (non-hydrogen) atoms.